The van der Waals surface area contributed by atoms with Crippen LogP contribution < -0.4 is 4.90 Å². The first kappa shape index (κ1) is 11.5. The molecule has 0 aliphatic rings. The molecule has 0 atom stereocenters. The predicted octanol–water partition coefficient (Wildman–Crippen LogP) is 2.30. The van der Waals surface area contributed by atoms with Crippen molar-refractivity contribution in [3.8, 4) is 0 Å². The fraction of sp³-hybridized carbons (Fsp3) is 0.455. The Hall–Kier alpha value is -1.60. The second-order valence-corrected chi connectivity index (χ2v) is 3.37. The zero-order valence-electron chi connectivity index (χ0n) is 9.14. The lowest BCUT2D eigenvalue weighted by molar-refractivity contribution is 0.302. The number of hydrogen-bond donors (Lipinski definition) is 1. The topological polar surface area (TPSA) is 51.6 Å². The largest absolute Gasteiger partial charge is 0.395 e. The zero-order valence-corrected chi connectivity index (χ0v) is 9.14. The maximum atomic E-state index is 8.90. The lowest BCUT2D eigenvalue weighted by atomic mass is 10.1. The van der Waals surface area contributed by atoms with Gasteiger partial charge in [-0.15, -0.1) is 0 Å². The van der Waals surface area contributed by atoms with Crippen molar-refractivity contribution in [2.75, 3.05) is 24.6 Å². The summed E-state index contributed by atoms with van der Waals surface area (Å²) in [7, 11) is 0. The molecule has 0 unspecified atom stereocenters. The summed E-state index contributed by atoms with van der Waals surface area (Å²) in [6, 6.07) is 5.61. The molecule has 1 N–H and O–H groups in total. The molecule has 0 fully saturated rings. The van der Waals surface area contributed by atoms with Crippen LogP contribution in [0.1, 0.15) is 12.5 Å². The molecule has 0 saturated carbocycles. The van der Waals surface area contributed by atoms with Gasteiger partial charge in [-0.3, -0.25) is 0 Å². The second kappa shape index (κ2) is 5.32. The van der Waals surface area contributed by atoms with E-state index in [9.17, 15) is 0 Å². The van der Waals surface area contributed by atoms with Gasteiger partial charge < -0.3 is 10.0 Å². The van der Waals surface area contributed by atoms with Gasteiger partial charge in [0.1, 0.15) is 0 Å². The van der Waals surface area contributed by atoms with E-state index in [0.29, 0.717) is 12.2 Å². The Kier molecular flexibility index (Phi) is 4.07. The number of aryl methyl sites for hydroxylation is 1. The van der Waals surface area contributed by atoms with Crippen molar-refractivity contribution < 1.29 is 5.11 Å². The molecule has 80 valence electrons. The Balaban J connectivity index is 2.95. The first-order valence-electron chi connectivity index (χ1n) is 5.04. The predicted molar refractivity (Wildman–Crippen MR) is 60.9 cm³/mol. The van der Waals surface area contributed by atoms with Gasteiger partial charge >= 0.3 is 5.69 Å². The molecule has 0 aliphatic carbocycles. The number of diazo groups is 1. The molecule has 0 saturated heterocycles. The van der Waals surface area contributed by atoms with E-state index in [2.05, 4.69) is 9.88 Å². The van der Waals surface area contributed by atoms with Gasteiger partial charge in [0, 0.05) is 30.4 Å². The van der Waals surface area contributed by atoms with Crippen LogP contribution >= 0.6 is 0 Å². The molecular weight excluding hydrogens is 190 g/mol. The standard InChI is InChI=1S/C11H16N3O/c1-3-14(6-7-15)10-4-5-11(13-12)9(2)8-10/h4-5,8,15H,3,6-7H2,1-2H3/q+1. The molecule has 0 heterocycles. The van der Waals surface area contributed by atoms with E-state index in [1.54, 1.807) is 6.07 Å². The maximum absolute atomic E-state index is 8.90. The Bertz CT molecular complexity index is 371. The lowest BCUT2D eigenvalue weighted by Gasteiger charge is -2.21. The highest BCUT2D eigenvalue weighted by Crippen LogP contribution is 2.24. The third-order valence-electron chi connectivity index (χ3n) is 2.40. The molecule has 0 amide bonds. The van der Waals surface area contributed by atoms with Crippen LogP contribution in [0.15, 0.2) is 18.2 Å². The molecule has 0 aromatic heterocycles. The van der Waals surface area contributed by atoms with Crippen LogP contribution in [0.25, 0.3) is 4.98 Å². The van der Waals surface area contributed by atoms with E-state index in [-0.39, 0.29) is 6.61 Å². The molecule has 0 bridgehead atoms. The molecule has 1 aromatic carbocycles. The third-order valence-corrected chi connectivity index (χ3v) is 2.40. The van der Waals surface area contributed by atoms with E-state index < -0.39 is 0 Å². The summed E-state index contributed by atoms with van der Waals surface area (Å²) in [4.78, 5) is 5.24. The summed E-state index contributed by atoms with van der Waals surface area (Å²) in [5.41, 5.74) is 2.54. The Morgan fingerprint density at radius 3 is 2.67 bits per heavy atom. The van der Waals surface area contributed by atoms with Crippen LogP contribution in [-0.2, 0) is 0 Å². The fourth-order valence-electron chi connectivity index (χ4n) is 1.54. The van der Waals surface area contributed by atoms with E-state index in [4.69, 9.17) is 10.5 Å². The minimum absolute atomic E-state index is 0.138. The maximum Gasteiger partial charge on any atom is 0.388 e. The number of nitrogens with zero attached hydrogens (tertiary/aromatic N) is 3. The highest BCUT2D eigenvalue weighted by molar-refractivity contribution is 5.60. The molecule has 0 spiro atoms. The summed E-state index contributed by atoms with van der Waals surface area (Å²) in [5, 5.41) is 17.6. The smallest absolute Gasteiger partial charge is 0.388 e. The molecule has 1 aromatic rings. The first-order chi connectivity index (χ1) is 7.22. The van der Waals surface area contributed by atoms with Gasteiger partial charge in [-0.05, 0) is 26.0 Å². The highest BCUT2D eigenvalue weighted by atomic mass is 16.3. The minimum Gasteiger partial charge on any atom is -0.395 e. The normalized spacial score (nSPS) is 9.73. The third kappa shape index (κ3) is 2.67. The van der Waals surface area contributed by atoms with Crippen molar-refractivity contribution >= 4 is 11.4 Å². The number of anilines is 1. The molecule has 15 heavy (non-hydrogen) atoms. The van der Waals surface area contributed by atoms with E-state index in [0.717, 1.165) is 17.8 Å². The number of hydrogen-bond acceptors (Lipinski definition) is 3. The summed E-state index contributed by atoms with van der Waals surface area (Å²) >= 11 is 0. The van der Waals surface area contributed by atoms with E-state index in [1.807, 2.05) is 26.0 Å². The van der Waals surface area contributed by atoms with Crippen molar-refractivity contribution in [3.63, 3.8) is 0 Å². The number of aliphatic hydroxyl groups is 1. The molecule has 1 rings (SSSR count). The number of aliphatic hydroxyl groups excluding tert-OH is 1. The number of likely N-dealkylation sites (N-methyl/N-ethyl adjacent to an activating group) is 1. The molecule has 0 aliphatic heterocycles. The molecule has 4 heteroatoms. The van der Waals surface area contributed by atoms with Crippen molar-refractivity contribution in [1.29, 1.82) is 5.39 Å². The summed E-state index contributed by atoms with van der Waals surface area (Å²) in [5.74, 6) is 0. The van der Waals surface area contributed by atoms with E-state index in [1.165, 1.54) is 0 Å². The number of rotatable bonds is 4. The second-order valence-electron chi connectivity index (χ2n) is 3.37. The van der Waals surface area contributed by atoms with Crippen LogP contribution in [0.3, 0.4) is 0 Å². The minimum atomic E-state index is 0.138. The van der Waals surface area contributed by atoms with Crippen molar-refractivity contribution in [3.05, 3.63) is 28.7 Å². The van der Waals surface area contributed by atoms with E-state index >= 15 is 0 Å². The number of benzene rings is 1. The van der Waals surface area contributed by atoms with Crippen LogP contribution in [0.5, 0.6) is 0 Å². The molecule has 4 nitrogen and oxygen atoms in total. The van der Waals surface area contributed by atoms with Gasteiger partial charge in [-0.1, -0.05) is 0 Å². The monoisotopic (exact) mass is 206 g/mol. The van der Waals surface area contributed by atoms with Crippen LogP contribution in [0, 0.1) is 12.3 Å². The Morgan fingerprint density at radius 1 is 1.47 bits per heavy atom. The Morgan fingerprint density at radius 2 is 2.20 bits per heavy atom. The van der Waals surface area contributed by atoms with Crippen molar-refractivity contribution in [1.82, 2.24) is 0 Å². The molecule has 0 radical (unpaired) electrons. The highest BCUT2D eigenvalue weighted by Gasteiger charge is 2.12. The first-order valence-corrected chi connectivity index (χ1v) is 5.04. The van der Waals surface area contributed by atoms with Gasteiger partial charge in [0.05, 0.1) is 6.61 Å². The summed E-state index contributed by atoms with van der Waals surface area (Å²) in [6.07, 6.45) is 0. The van der Waals surface area contributed by atoms with Crippen LogP contribution in [0.4, 0.5) is 11.4 Å². The quantitative estimate of drug-likeness (QED) is 0.769. The van der Waals surface area contributed by atoms with Gasteiger partial charge in [-0.25, -0.2) is 0 Å². The van der Waals surface area contributed by atoms with Gasteiger partial charge in [0.15, 0.2) is 4.98 Å². The lowest BCUT2D eigenvalue weighted by Crippen LogP contribution is -2.26. The summed E-state index contributed by atoms with van der Waals surface area (Å²) in [6.45, 7) is 5.53. The van der Waals surface area contributed by atoms with Crippen LogP contribution in [0.2, 0.25) is 0 Å². The van der Waals surface area contributed by atoms with Gasteiger partial charge in [-0.2, -0.15) is 0 Å². The van der Waals surface area contributed by atoms with Gasteiger partial charge in [0.25, 0.3) is 0 Å². The molecular formula is C11H16N3O+. The van der Waals surface area contributed by atoms with Crippen molar-refractivity contribution in [2.24, 2.45) is 0 Å². The van der Waals surface area contributed by atoms with Gasteiger partial charge in [0.2, 0.25) is 5.39 Å². The van der Waals surface area contributed by atoms with Crippen molar-refractivity contribution in [2.45, 2.75) is 13.8 Å². The zero-order chi connectivity index (χ0) is 11.3. The average Bonchev–Trinajstić information content (AvgIpc) is 2.25. The van der Waals surface area contributed by atoms with Crippen LogP contribution in [-0.4, -0.2) is 24.8 Å². The SMILES string of the molecule is CCN(CCO)c1ccc([N+]#N)c(C)c1. The average molecular weight is 206 g/mol. The Labute approximate surface area is 89.8 Å². The fourth-order valence-corrected chi connectivity index (χ4v) is 1.54. The summed E-state index contributed by atoms with van der Waals surface area (Å²) < 4.78 is 0.